The van der Waals surface area contributed by atoms with E-state index in [1.54, 1.807) is 25.3 Å². The summed E-state index contributed by atoms with van der Waals surface area (Å²) in [5, 5.41) is 1.90. The molecule has 1 aromatic heterocycles. The van der Waals surface area contributed by atoms with Gasteiger partial charge in [0.1, 0.15) is 5.75 Å². The number of aryl methyl sites for hydroxylation is 1. The molecule has 0 unspecified atom stereocenters. The van der Waals surface area contributed by atoms with Crippen LogP contribution < -0.4 is 10.5 Å². The first-order chi connectivity index (χ1) is 8.13. The predicted molar refractivity (Wildman–Crippen MR) is 69.9 cm³/mol. The molecule has 0 bridgehead atoms. The average Bonchev–Trinajstić information content (AvgIpc) is 2.75. The van der Waals surface area contributed by atoms with Crippen molar-refractivity contribution >= 4 is 22.8 Å². The third-order valence-corrected chi connectivity index (χ3v) is 3.59. The maximum absolute atomic E-state index is 12.3. The molecule has 0 saturated carbocycles. The van der Waals surface area contributed by atoms with Gasteiger partial charge in [-0.05, 0) is 42.1 Å². The van der Waals surface area contributed by atoms with Gasteiger partial charge in [-0.25, -0.2) is 0 Å². The van der Waals surface area contributed by atoms with Crippen molar-refractivity contribution in [3.8, 4) is 5.75 Å². The molecule has 88 valence electrons. The summed E-state index contributed by atoms with van der Waals surface area (Å²) in [7, 11) is 1.57. The fourth-order valence-corrected chi connectivity index (χ4v) is 2.47. The molecular weight excluding hydrogens is 234 g/mol. The molecule has 0 aliphatic carbocycles. The van der Waals surface area contributed by atoms with Crippen molar-refractivity contribution < 1.29 is 9.53 Å². The first-order valence-electron chi connectivity index (χ1n) is 5.16. The summed E-state index contributed by atoms with van der Waals surface area (Å²) in [4.78, 5) is 13.0. The lowest BCUT2D eigenvalue weighted by Crippen LogP contribution is -2.05. The molecule has 0 saturated heterocycles. The summed E-state index contributed by atoms with van der Waals surface area (Å²) in [5.41, 5.74) is 7.77. The van der Waals surface area contributed by atoms with E-state index in [0.29, 0.717) is 17.0 Å². The number of benzene rings is 1. The Morgan fingerprint density at radius 1 is 1.35 bits per heavy atom. The number of anilines is 1. The van der Waals surface area contributed by atoms with Crippen molar-refractivity contribution in [1.82, 2.24) is 0 Å². The zero-order valence-electron chi connectivity index (χ0n) is 9.69. The lowest BCUT2D eigenvalue weighted by molar-refractivity contribution is 0.104. The van der Waals surface area contributed by atoms with Crippen molar-refractivity contribution in [2.24, 2.45) is 0 Å². The van der Waals surface area contributed by atoms with Gasteiger partial charge < -0.3 is 10.5 Å². The van der Waals surface area contributed by atoms with Gasteiger partial charge in [0.05, 0.1) is 12.0 Å². The molecule has 3 nitrogen and oxygen atoms in total. The first-order valence-corrected chi connectivity index (χ1v) is 6.03. The van der Waals surface area contributed by atoms with Crippen molar-refractivity contribution in [2.45, 2.75) is 6.92 Å². The number of carbonyl (C=O) groups is 1. The summed E-state index contributed by atoms with van der Waals surface area (Å²) in [5.74, 6) is 0.589. The molecule has 2 aromatic rings. The predicted octanol–water partition coefficient (Wildman–Crippen LogP) is 2.88. The quantitative estimate of drug-likeness (QED) is 0.670. The largest absolute Gasteiger partial charge is 0.497 e. The summed E-state index contributed by atoms with van der Waals surface area (Å²) < 4.78 is 5.10. The Hall–Kier alpha value is -1.81. The number of nitrogens with two attached hydrogens (primary N) is 1. The molecule has 0 fully saturated rings. The van der Waals surface area contributed by atoms with Crippen LogP contribution in [0.25, 0.3) is 0 Å². The number of ketones is 1. The van der Waals surface area contributed by atoms with Gasteiger partial charge in [-0.1, -0.05) is 0 Å². The number of hydrogen-bond donors (Lipinski definition) is 1. The van der Waals surface area contributed by atoms with Gasteiger partial charge in [0.25, 0.3) is 0 Å². The van der Waals surface area contributed by atoms with Crippen LogP contribution in [0.15, 0.2) is 29.6 Å². The van der Waals surface area contributed by atoms with Gasteiger partial charge in [0.15, 0.2) is 0 Å². The molecule has 1 aromatic carbocycles. The third kappa shape index (κ3) is 2.17. The molecule has 2 N–H and O–H groups in total. The Kier molecular flexibility index (Phi) is 3.15. The van der Waals surface area contributed by atoms with E-state index in [2.05, 4.69) is 0 Å². The maximum atomic E-state index is 12.3. The van der Waals surface area contributed by atoms with E-state index in [-0.39, 0.29) is 5.78 Å². The van der Waals surface area contributed by atoms with Gasteiger partial charge in [-0.2, -0.15) is 0 Å². The third-order valence-electron chi connectivity index (χ3n) is 2.57. The van der Waals surface area contributed by atoms with Crippen LogP contribution in [0.5, 0.6) is 5.75 Å². The summed E-state index contributed by atoms with van der Waals surface area (Å²) in [6, 6.07) is 7.04. The smallest absolute Gasteiger partial charge is 0.205 e. The number of hydrogen-bond acceptors (Lipinski definition) is 4. The van der Waals surface area contributed by atoms with Gasteiger partial charge in [0, 0.05) is 11.3 Å². The topological polar surface area (TPSA) is 52.3 Å². The van der Waals surface area contributed by atoms with E-state index in [4.69, 9.17) is 10.5 Å². The highest BCUT2D eigenvalue weighted by Gasteiger charge is 2.16. The standard InChI is InChI=1S/C13H13NO2S/c1-8-5-6-17-13(8)12(15)10-7-9(16-2)3-4-11(10)14/h3-7H,14H2,1-2H3. The molecule has 0 amide bonds. The van der Waals surface area contributed by atoms with E-state index in [9.17, 15) is 4.79 Å². The van der Waals surface area contributed by atoms with E-state index in [0.717, 1.165) is 10.4 Å². The summed E-state index contributed by atoms with van der Waals surface area (Å²) in [6.45, 7) is 1.92. The highest BCUT2D eigenvalue weighted by molar-refractivity contribution is 7.12. The molecule has 0 aliphatic heterocycles. The zero-order valence-corrected chi connectivity index (χ0v) is 10.5. The Labute approximate surface area is 104 Å². The molecule has 1 heterocycles. The number of nitrogen functional groups attached to an aromatic ring is 1. The van der Waals surface area contributed by atoms with Gasteiger partial charge in [-0.3, -0.25) is 4.79 Å². The second kappa shape index (κ2) is 4.59. The van der Waals surface area contributed by atoms with Crippen LogP contribution in [0.4, 0.5) is 5.69 Å². The fraction of sp³-hybridized carbons (Fsp3) is 0.154. The van der Waals surface area contributed by atoms with E-state index < -0.39 is 0 Å². The fourth-order valence-electron chi connectivity index (χ4n) is 1.59. The van der Waals surface area contributed by atoms with Crippen LogP contribution in [0.1, 0.15) is 20.8 Å². The molecular formula is C13H13NO2S. The number of rotatable bonds is 3. The van der Waals surface area contributed by atoms with Crippen molar-refractivity contribution in [2.75, 3.05) is 12.8 Å². The monoisotopic (exact) mass is 247 g/mol. The van der Waals surface area contributed by atoms with Crippen LogP contribution in [0.2, 0.25) is 0 Å². The van der Waals surface area contributed by atoms with Crippen LogP contribution in [-0.4, -0.2) is 12.9 Å². The van der Waals surface area contributed by atoms with Crippen LogP contribution >= 0.6 is 11.3 Å². The Balaban J connectivity index is 2.47. The lowest BCUT2D eigenvalue weighted by atomic mass is 10.1. The molecule has 0 radical (unpaired) electrons. The minimum atomic E-state index is -0.0473. The second-order valence-corrected chi connectivity index (χ2v) is 4.63. The lowest BCUT2D eigenvalue weighted by Gasteiger charge is -2.06. The molecule has 4 heteroatoms. The number of carbonyl (C=O) groups excluding carboxylic acids is 1. The molecule has 17 heavy (non-hydrogen) atoms. The van der Waals surface area contributed by atoms with Crippen LogP contribution in [-0.2, 0) is 0 Å². The normalized spacial score (nSPS) is 10.2. The molecule has 0 atom stereocenters. The van der Waals surface area contributed by atoms with Crippen molar-refractivity contribution in [3.63, 3.8) is 0 Å². The minimum Gasteiger partial charge on any atom is -0.497 e. The minimum absolute atomic E-state index is 0.0473. The van der Waals surface area contributed by atoms with E-state index in [1.807, 2.05) is 18.4 Å². The second-order valence-electron chi connectivity index (χ2n) is 3.72. The Bertz CT molecular complexity index is 560. The highest BCUT2D eigenvalue weighted by atomic mass is 32.1. The van der Waals surface area contributed by atoms with Crippen LogP contribution in [0.3, 0.4) is 0 Å². The number of thiophene rings is 1. The molecule has 0 aliphatic rings. The van der Waals surface area contributed by atoms with E-state index in [1.165, 1.54) is 11.3 Å². The molecule has 2 rings (SSSR count). The van der Waals surface area contributed by atoms with Gasteiger partial charge in [-0.15, -0.1) is 11.3 Å². The van der Waals surface area contributed by atoms with Gasteiger partial charge in [0.2, 0.25) is 5.78 Å². The Morgan fingerprint density at radius 2 is 2.12 bits per heavy atom. The SMILES string of the molecule is COc1ccc(N)c(C(=O)c2sccc2C)c1. The van der Waals surface area contributed by atoms with Crippen molar-refractivity contribution in [3.05, 3.63) is 45.6 Å². The Morgan fingerprint density at radius 3 is 2.71 bits per heavy atom. The zero-order chi connectivity index (χ0) is 12.4. The molecule has 0 spiro atoms. The average molecular weight is 247 g/mol. The summed E-state index contributed by atoms with van der Waals surface area (Å²) in [6.07, 6.45) is 0. The number of methoxy groups -OCH3 is 1. The number of ether oxygens (including phenoxy) is 1. The maximum Gasteiger partial charge on any atom is 0.205 e. The van der Waals surface area contributed by atoms with Gasteiger partial charge >= 0.3 is 0 Å². The van der Waals surface area contributed by atoms with Crippen LogP contribution in [0, 0.1) is 6.92 Å². The summed E-state index contributed by atoms with van der Waals surface area (Å²) >= 11 is 1.43. The van der Waals surface area contributed by atoms with E-state index >= 15 is 0 Å². The van der Waals surface area contributed by atoms with Crippen molar-refractivity contribution in [1.29, 1.82) is 0 Å². The highest BCUT2D eigenvalue weighted by Crippen LogP contribution is 2.26. The first kappa shape index (κ1) is 11.7.